The molecule has 37 heavy (non-hydrogen) atoms. The predicted molar refractivity (Wildman–Crippen MR) is 128 cm³/mol. The van der Waals surface area contributed by atoms with Crippen LogP contribution in [0, 0.1) is 5.92 Å². The number of amides is 1. The van der Waals surface area contributed by atoms with Gasteiger partial charge in [0.2, 0.25) is 15.9 Å². The van der Waals surface area contributed by atoms with Crippen LogP contribution in [0.5, 0.6) is 0 Å². The number of rotatable bonds is 8. The molecule has 200 valence electrons. The van der Waals surface area contributed by atoms with E-state index >= 15 is 0 Å². The molecule has 0 unspecified atom stereocenters. The number of hydrogen-bond acceptors (Lipinski definition) is 7. The third-order valence-corrected chi connectivity index (χ3v) is 9.61. The molecular weight excluding hydrogens is 536 g/mol. The normalized spacial score (nSPS) is 26.7. The van der Waals surface area contributed by atoms with E-state index in [1.807, 2.05) is 0 Å². The van der Waals surface area contributed by atoms with Gasteiger partial charge in [0.15, 0.2) is 5.82 Å². The maximum absolute atomic E-state index is 13.4. The van der Waals surface area contributed by atoms with Gasteiger partial charge in [0.05, 0.1) is 18.0 Å². The highest BCUT2D eigenvalue weighted by Crippen LogP contribution is 2.43. The highest BCUT2D eigenvalue weighted by Gasteiger charge is 2.45. The number of hydrogen-bond donors (Lipinski definition) is 2. The van der Waals surface area contributed by atoms with Crippen LogP contribution < -0.4 is 10.0 Å². The first-order chi connectivity index (χ1) is 17.5. The van der Waals surface area contributed by atoms with Gasteiger partial charge < -0.3 is 5.32 Å². The number of carbonyl (C=O) groups is 1. The Morgan fingerprint density at radius 3 is 2.65 bits per heavy atom. The Hall–Kier alpha value is -2.61. The first-order valence-electron chi connectivity index (χ1n) is 11.8. The van der Waals surface area contributed by atoms with Crippen molar-refractivity contribution in [2.45, 2.75) is 74.3 Å². The van der Waals surface area contributed by atoms with Gasteiger partial charge in [-0.3, -0.25) is 4.79 Å². The van der Waals surface area contributed by atoms with Gasteiger partial charge in [-0.15, -0.1) is 11.3 Å². The lowest BCUT2D eigenvalue weighted by molar-refractivity contribution is -0.117. The van der Waals surface area contributed by atoms with Crippen molar-refractivity contribution in [3.63, 3.8) is 0 Å². The van der Waals surface area contributed by atoms with E-state index in [0.717, 1.165) is 22.3 Å². The second kappa shape index (κ2) is 9.93. The second-order valence-corrected chi connectivity index (χ2v) is 12.2. The lowest BCUT2D eigenvalue weighted by Crippen LogP contribution is -2.45. The third-order valence-electron chi connectivity index (χ3n) is 6.65. The summed E-state index contributed by atoms with van der Waals surface area (Å²) in [4.78, 5) is 21.3. The Morgan fingerprint density at radius 1 is 1.30 bits per heavy atom. The number of carbonyl (C=O) groups excluding carboxylic acids is 1. The van der Waals surface area contributed by atoms with Crippen molar-refractivity contribution < 1.29 is 30.8 Å². The van der Waals surface area contributed by atoms with Gasteiger partial charge in [-0.05, 0) is 44.1 Å². The highest BCUT2D eigenvalue weighted by atomic mass is 32.2. The van der Waals surface area contributed by atoms with E-state index in [2.05, 4.69) is 31.1 Å². The van der Waals surface area contributed by atoms with Crippen molar-refractivity contribution in [2.75, 3.05) is 5.32 Å². The fourth-order valence-electron chi connectivity index (χ4n) is 4.43. The summed E-state index contributed by atoms with van der Waals surface area (Å²) in [6, 6.07) is 2.69. The predicted octanol–water partition coefficient (Wildman–Crippen LogP) is 3.86. The maximum Gasteiger partial charge on any atom is 0.282 e. The lowest BCUT2D eigenvalue weighted by atomic mass is 9.92. The van der Waals surface area contributed by atoms with Crippen LogP contribution in [0.3, 0.4) is 0 Å². The quantitative estimate of drug-likeness (QED) is 0.377. The van der Waals surface area contributed by atoms with Crippen LogP contribution >= 0.6 is 11.3 Å². The first-order valence-corrected chi connectivity index (χ1v) is 14.0. The Morgan fingerprint density at radius 2 is 2.03 bits per heavy atom. The number of aliphatic imine (C=N–C) groups is 2. The standard InChI is InChI=1S/C22H24F4N6O3S2/c1-32-18(8-16(30-32)20(25)26)28-9-27-11-2-3-17-14(6-11)19(37(34,35)31-12-4-10(23)5-12)22(36-17)29-21(33)13-7-15(13)24/h8,10-13,15,20,31H,2-7H2,1H3,(H,29,33)/t10-,11-,12+,13-,15-/m0/s1. The van der Waals surface area contributed by atoms with E-state index in [1.54, 1.807) is 0 Å². The van der Waals surface area contributed by atoms with Crippen molar-refractivity contribution in [1.29, 1.82) is 0 Å². The smallest absolute Gasteiger partial charge is 0.282 e. The number of aromatic nitrogens is 2. The average Bonchev–Trinajstić information content (AvgIpc) is 3.25. The molecule has 0 bridgehead atoms. The van der Waals surface area contributed by atoms with Gasteiger partial charge in [-0.2, -0.15) is 10.1 Å². The van der Waals surface area contributed by atoms with Crippen molar-refractivity contribution in [3.05, 3.63) is 22.2 Å². The van der Waals surface area contributed by atoms with Gasteiger partial charge >= 0.3 is 0 Å². The van der Waals surface area contributed by atoms with Crippen LogP contribution in [0.2, 0.25) is 0 Å². The molecule has 2 N–H and O–H groups in total. The zero-order valence-corrected chi connectivity index (χ0v) is 21.3. The Balaban J connectivity index is 1.40. The van der Waals surface area contributed by atoms with Crippen molar-refractivity contribution >= 4 is 44.1 Å². The summed E-state index contributed by atoms with van der Waals surface area (Å²) < 4.78 is 82.8. The van der Waals surface area contributed by atoms with Crippen molar-refractivity contribution in [1.82, 2.24) is 14.5 Å². The second-order valence-electron chi connectivity index (χ2n) is 9.49. The molecule has 0 spiro atoms. The van der Waals surface area contributed by atoms with Gasteiger partial charge in [-0.25, -0.2) is 40.4 Å². The molecule has 9 nitrogen and oxygen atoms in total. The minimum absolute atomic E-state index is 0.0729. The summed E-state index contributed by atoms with van der Waals surface area (Å²) in [6.45, 7) is 0. The molecule has 3 atom stereocenters. The SMILES string of the molecule is Cn1nc(C(F)F)cc1N=C=N[C@H]1CCc2sc(NC(=O)[C@H]3C[C@@H]3F)c(S(=O)(=O)N[C@H]3C[C@@H](F)C3)c2C1. The maximum atomic E-state index is 13.4. The van der Waals surface area contributed by atoms with Gasteiger partial charge in [0, 0.05) is 24.0 Å². The number of nitrogens with one attached hydrogen (secondary N) is 2. The first kappa shape index (κ1) is 26.0. The van der Waals surface area contributed by atoms with Crippen LogP contribution in [0.1, 0.15) is 48.2 Å². The summed E-state index contributed by atoms with van der Waals surface area (Å²) in [5.41, 5.74) is 0.0650. The minimum Gasteiger partial charge on any atom is -0.316 e. The van der Waals surface area contributed by atoms with Crippen LogP contribution in [-0.2, 0) is 34.7 Å². The van der Waals surface area contributed by atoms with E-state index in [4.69, 9.17) is 0 Å². The fraction of sp³-hybridized carbons (Fsp3) is 0.591. The number of thiophene rings is 1. The monoisotopic (exact) mass is 560 g/mol. The van der Waals surface area contributed by atoms with Crippen LogP contribution in [0.4, 0.5) is 28.4 Å². The number of aryl methyl sites for hydroxylation is 2. The number of sulfonamides is 1. The van der Waals surface area contributed by atoms with Crippen molar-refractivity contribution in [3.8, 4) is 0 Å². The van der Waals surface area contributed by atoms with E-state index in [0.29, 0.717) is 18.4 Å². The molecule has 3 aliphatic carbocycles. The largest absolute Gasteiger partial charge is 0.316 e. The zero-order chi connectivity index (χ0) is 26.5. The van der Waals surface area contributed by atoms with Crippen LogP contribution in [-0.4, -0.2) is 54.5 Å². The number of fused-ring (bicyclic) bond motifs is 1. The Bertz CT molecular complexity index is 1380. The zero-order valence-electron chi connectivity index (χ0n) is 19.6. The molecular formula is C22H24F4N6O3S2. The molecule has 5 rings (SSSR count). The van der Waals surface area contributed by atoms with E-state index in [1.165, 1.54) is 11.7 Å². The molecule has 0 aromatic carbocycles. The minimum atomic E-state index is -4.12. The third kappa shape index (κ3) is 5.49. The summed E-state index contributed by atoms with van der Waals surface area (Å²) in [5, 5.41) is 6.38. The summed E-state index contributed by atoms with van der Waals surface area (Å²) in [5.74, 6) is -1.23. The number of alkyl halides is 4. The average molecular weight is 561 g/mol. The number of nitrogens with zero attached hydrogens (tertiary/aromatic N) is 4. The van der Waals surface area contributed by atoms with Gasteiger partial charge in [0.25, 0.3) is 6.43 Å². The van der Waals surface area contributed by atoms with Gasteiger partial charge in [0.1, 0.15) is 27.9 Å². The van der Waals surface area contributed by atoms with E-state index in [9.17, 15) is 30.8 Å². The van der Waals surface area contributed by atoms with Gasteiger partial charge in [-0.1, -0.05) is 0 Å². The van der Waals surface area contributed by atoms with E-state index < -0.39 is 58.4 Å². The molecule has 2 aromatic rings. The molecule has 2 aromatic heterocycles. The molecule has 3 aliphatic rings. The lowest BCUT2D eigenvalue weighted by Gasteiger charge is -2.30. The van der Waals surface area contributed by atoms with Crippen LogP contribution in [0.15, 0.2) is 20.9 Å². The Labute approximate surface area is 214 Å². The molecule has 0 saturated heterocycles. The molecule has 0 aliphatic heterocycles. The Kier molecular flexibility index (Phi) is 6.98. The molecule has 2 heterocycles. The number of anilines is 1. The molecule has 15 heteroatoms. The summed E-state index contributed by atoms with van der Waals surface area (Å²) in [7, 11) is -2.65. The fourth-order valence-corrected chi connectivity index (χ4v) is 7.67. The number of halogens is 4. The highest BCUT2D eigenvalue weighted by molar-refractivity contribution is 7.90. The van der Waals surface area contributed by atoms with Crippen molar-refractivity contribution in [2.24, 2.45) is 23.0 Å². The summed E-state index contributed by atoms with van der Waals surface area (Å²) in [6.07, 6.45) is -3.56. The summed E-state index contributed by atoms with van der Waals surface area (Å²) >= 11 is 1.13. The molecule has 1 amide bonds. The van der Waals surface area contributed by atoms with E-state index in [-0.39, 0.29) is 41.4 Å². The molecule has 2 saturated carbocycles. The van der Waals surface area contributed by atoms with Crippen LogP contribution in [0.25, 0.3) is 0 Å². The molecule has 2 fully saturated rings. The molecule has 0 radical (unpaired) electrons. The topological polar surface area (TPSA) is 118 Å².